The molecular formula is C18H25NO4. The molecule has 1 aromatic carbocycles. The maximum atomic E-state index is 12.4. The zero-order chi connectivity index (χ0) is 16.7. The third kappa shape index (κ3) is 5.67. The zero-order valence-electron chi connectivity index (χ0n) is 13.7. The van der Waals surface area contributed by atoms with Crippen LogP contribution in [0.5, 0.6) is 0 Å². The number of carboxylic acid groups (broad SMARTS) is 1. The highest BCUT2D eigenvalue weighted by atomic mass is 16.5. The van der Waals surface area contributed by atoms with Gasteiger partial charge in [-0.15, -0.1) is 0 Å². The summed E-state index contributed by atoms with van der Waals surface area (Å²) in [7, 11) is 0. The lowest BCUT2D eigenvalue weighted by Gasteiger charge is -2.32. The normalized spacial score (nSPS) is 18.0. The van der Waals surface area contributed by atoms with Crippen molar-refractivity contribution in [2.45, 2.75) is 45.1 Å². The number of unbranched alkanes of at least 4 members (excludes halogenated alkanes) is 1. The number of aryl methyl sites for hydroxylation is 1. The minimum atomic E-state index is -0.896. The van der Waals surface area contributed by atoms with E-state index in [-0.39, 0.29) is 12.3 Å². The number of aliphatic carboxylic acids is 1. The highest BCUT2D eigenvalue weighted by Gasteiger charge is 2.25. The Morgan fingerprint density at radius 3 is 2.61 bits per heavy atom. The van der Waals surface area contributed by atoms with Crippen LogP contribution in [0.4, 0.5) is 0 Å². The lowest BCUT2D eigenvalue weighted by atomic mass is 10.0. The molecule has 0 radical (unpaired) electrons. The molecule has 0 aliphatic carbocycles. The van der Waals surface area contributed by atoms with E-state index in [0.717, 1.165) is 12.0 Å². The lowest BCUT2D eigenvalue weighted by molar-refractivity contribution is -0.147. The Balaban J connectivity index is 1.86. The van der Waals surface area contributed by atoms with Gasteiger partial charge in [-0.05, 0) is 24.0 Å². The van der Waals surface area contributed by atoms with E-state index in [2.05, 4.69) is 19.1 Å². The van der Waals surface area contributed by atoms with Crippen LogP contribution in [0.25, 0.3) is 0 Å². The van der Waals surface area contributed by atoms with Crippen LogP contribution >= 0.6 is 0 Å². The second-order valence-corrected chi connectivity index (χ2v) is 6.03. The van der Waals surface area contributed by atoms with Crippen LogP contribution in [-0.4, -0.2) is 47.7 Å². The maximum Gasteiger partial charge on any atom is 0.306 e. The number of carbonyl (C=O) groups excluding carboxylic acids is 1. The summed E-state index contributed by atoms with van der Waals surface area (Å²) in [5.41, 5.74) is 2.30. The summed E-state index contributed by atoms with van der Waals surface area (Å²) in [6, 6.07) is 8.20. The number of hydrogen-bond acceptors (Lipinski definition) is 3. The molecule has 0 spiro atoms. The SMILES string of the molecule is CCCCc1ccc(CC(=O)N2CCOC(CC(=O)O)C2)cc1. The fourth-order valence-electron chi connectivity index (χ4n) is 2.76. The zero-order valence-corrected chi connectivity index (χ0v) is 13.7. The Kier molecular flexibility index (Phi) is 6.59. The molecule has 1 saturated heterocycles. The first kappa shape index (κ1) is 17.5. The topological polar surface area (TPSA) is 66.8 Å². The van der Waals surface area contributed by atoms with Gasteiger partial charge < -0.3 is 14.7 Å². The summed E-state index contributed by atoms with van der Waals surface area (Å²) in [4.78, 5) is 24.8. The van der Waals surface area contributed by atoms with Gasteiger partial charge in [-0.25, -0.2) is 0 Å². The quantitative estimate of drug-likeness (QED) is 0.837. The molecule has 1 fully saturated rings. The summed E-state index contributed by atoms with van der Waals surface area (Å²) in [5.74, 6) is -0.864. The van der Waals surface area contributed by atoms with E-state index in [0.29, 0.717) is 26.1 Å². The first-order valence-corrected chi connectivity index (χ1v) is 8.27. The van der Waals surface area contributed by atoms with Crippen molar-refractivity contribution in [1.82, 2.24) is 4.90 Å². The van der Waals surface area contributed by atoms with Crippen molar-refractivity contribution in [3.05, 3.63) is 35.4 Å². The molecule has 2 rings (SSSR count). The molecular weight excluding hydrogens is 294 g/mol. The average Bonchev–Trinajstić information content (AvgIpc) is 2.54. The Bertz CT molecular complexity index is 526. The molecule has 0 bridgehead atoms. The minimum Gasteiger partial charge on any atom is -0.481 e. The smallest absolute Gasteiger partial charge is 0.306 e. The number of amides is 1. The number of nitrogens with zero attached hydrogens (tertiary/aromatic N) is 1. The van der Waals surface area contributed by atoms with Gasteiger partial charge in [-0.3, -0.25) is 9.59 Å². The van der Waals surface area contributed by atoms with Crippen molar-refractivity contribution in [3.8, 4) is 0 Å². The van der Waals surface area contributed by atoms with Crippen LogP contribution in [0, 0.1) is 0 Å². The van der Waals surface area contributed by atoms with Gasteiger partial charge in [0.25, 0.3) is 0 Å². The van der Waals surface area contributed by atoms with E-state index in [1.165, 1.54) is 18.4 Å². The lowest BCUT2D eigenvalue weighted by Crippen LogP contribution is -2.46. The predicted molar refractivity (Wildman–Crippen MR) is 87.3 cm³/mol. The van der Waals surface area contributed by atoms with E-state index in [1.54, 1.807) is 4.90 Å². The first-order valence-electron chi connectivity index (χ1n) is 8.27. The van der Waals surface area contributed by atoms with Crippen LogP contribution in [0.15, 0.2) is 24.3 Å². The Morgan fingerprint density at radius 2 is 1.96 bits per heavy atom. The van der Waals surface area contributed by atoms with E-state index in [9.17, 15) is 9.59 Å². The molecule has 1 unspecified atom stereocenters. The van der Waals surface area contributed by atoms with Crippen LogP contribution in [0.3, 0.4) is 0 Å². The third-order valence-electron chi connectivity index (χ3n) is 4.09. The van der Waals surface area contributed by atoms with Crippen LogP contribution < -0.4 is 0 Å². The fourth-order valence-corrected chi connectivity index (χ4v) is 2.76. The van der Waals surface area contributed by atoms with Gasteiger partial charge in [-0.1, -0.05) is 37.6 Å². The molecule has 5 nitrogen and oxygen atoms in total. The van der Waals surface area contributed by atoms with Crippen molar-refractivity contribution in [2.24, 2.45) is 0 Å². The second-order valence-electron chi connectivity index (χ2n) is 6.03. The van der Waals surface area contributed by atoms with Gasteiger partial charge in [0.2, 0.25) is 5.91 Å². The molecule has 126 valence electrons. The molecule has 1 aliphatic rings. The van der Waals surface area contributed by atoms with Crippen molar-refractivity contribution in [3.63, 3.8) is 0 Å². The van der Waals surface area contributed by atoms with Crippen molar-refractivity contribution < 1.29 is 19.4 Å². The van der Waals surface area contributed by atoms with Crippen molar-refractivity contribution >= 4 is 11.9 Å². The van der Waals surface area contributed by atoms with Crippen molar-refractivity contribution in [2.75, 3.05) is 19.7 Å². The van der Waals surface area contributed by atoms with Gasteiger partial charge in [-0.2, -0.15) is 0 Å². The highest BCUT2D eigenvalue weighted by Crippen LogP contribution is 2.13. The van der Waals surface area contributed by atoms with Crippen molar-refractivity contribution in [1.29, 1.82) is 0 Å². The Morgan fingerprint density at radius 1 is 1.26 bits per heavy atom. The molecule has 5 heteroatoms. The number of ether oxygens (including phenoxy) is 1. The van der Waals surface area contributed by atoms with Gasteiger partial charge in [0, 0.05) is 13.1 Å². The first-order chi connectivity index (χ1) is 11.1. The van der Waals surface area contributed by atoms with Crippen LogP contribution in [0.2, 0.25) is 0 Å². The van der Waals surface area contributed by atoms with Gasteiger partial charge in [0.05, 0.1) is 25.6 Å². The van der Waals surface area contributed by atoms with Crippen LogP contribution in [-0.2, 0) is 27.2 Å². The number of hydrogen-bond donors (Lipinski definition) is 1. The third-order valence-corrected chi connectivity index (χ3v) is 4.09. The summed E-state index contributed by atoms with van der Waals surface area (Å²) in [5, 5.41) is 8.83. The van der Waals surface area contributed by atoms with Gasteiger partial charge in [0.1, 0.15) is 0 Å². The Hall–Kier alpha value is -1.88. The molecule has 1 aromatic rings. The number of morpholine rings is 1. The largest absolute Gasteiger partial charge is 0.481 e. The maximum absolute atomic E-state index is 12.4. The second kappa shape index (κ2) is 8.67. The minimum absolute atomic E-state index is 0.0324. The predicted octanol–water partition coefficient (Wildman–Crippen LogP) is 2.27. The summed E-state index contributed by atoms with van der Waals surface area (Å²) in [6.07, 6.45) is 3.32. The summed E-state index contributed by atoms with van der Waals surface area (Å²) < 4.78 is 5.40. The average molecular weight is 319 g/mol. The molecule has 0 saturated carbocycles. The standard InChI is InChI=1S/C18H25NO4/c1-2-3-4-14-5-7-15(8-6-14)11-17(20)19-9-10-23-16(13-19)12-18(21)22/h5-8,16H,2-4,9-13H2,1H3,(H,21,22). The van der Waals surface area contributed by atoms with E-state index in [4.69, 9.17) is 9.84 Å². The Labute approximate surface area is 137 Å². The van der Waals surface area contributed by atoms with Gasteiger partial charge >= 0.3 is 5.97 Å². The number of rotatable bonds is 7. The molecule has 1 N–H and O–H groups in total. The van der Waals surface area contributed by atoms with E-state index < -0.39 is 12.1 Å². The molecule has 0 aromatic heterocycles. The molecule has 1 atom stereocenters. The molecule has 1 aliphatic heterocycles. The summed E-state index contributed by atoms with van der Waals surface area (Å²) in [6.45, 7) is 3.47. The van der Waals surface area contributed by atoms with E-state index >= 15 is 0 Å². The van der Waals surface area contributed by atoms with E-state index in [1.807, 2.05) is 12.1 Å². The fraction of sp³-hybridized carbons (Fsp3) is 0.556. The number of benzene rings is 1. The number of carbonyl (C=O) groups is 2. The van der Waals surface area contributed by atoms with Crippen LogP contribution in [0.1, 0.15) is 37.3 Å². The molecule has 1 heterocycles. The summed E-state index contributed by atoms with van der Waals surface area (Å²) >= 11 is 0. The molecule has 23 heavy (non-hydrogen) atoms. The monoisotopic (exact) mass is 319 g/mol. The van der Waals surface area contributed by atoms with Gasteiger partial charge in [0.15, 0.2) is 0 Å². The number of carboxylic acids is 1. The highest BCUT2D eigenvalue weighted by molar-refractivity contribution is 5.79. The molecule has 1 amide bonds.